The maximum absolute atomic E-state index is 2.57. The van der Waals surface area contributed by atoms with Crippen molar-refractivity contribution in [3.05, 3.63) is 173 Å². The molecular formula is C48H44BN3. The Morgan fingerprint density at radius 3 is 1.62 bits per heavy atom. The van der Waals surface area contributed by atoms with Crippen LogP contribution in [0.25, 0.3) is 0 Å². The lowest BCUT2D eigenvalue weighted by Crippen LogP contribution is -2.61. The monoisotopic (exact) mass is 673 g/mol. The van der Waals surface area contributed by atoms with Gasteiger partial charge in [-0.2, -0.15) is 0 Å². The molecular weight excluding hydrogens is 629 g/mol. The molecule has 0 radical (unpaired) electrons. The van der Waals surface area contributed by atoms with Crippen LogP contribution in [0.2, 0.25) is 0 Å². The maximum atomic E-state index is 2.57. The highest BCUT2D eigenvalue weighted by molar-refractivity contribution is 7.00. The van der Waals surface area contributed by atoms with Crippen LogP contribution >= 0.6 is 0 Å². The lowest BCUT2D eigenvalue weighted by Gasteiger charge is -2.45. The summed E-state index contributed by atoms with van der Waals surface area (Å²) >= 11 is 0. The second kappa shape index (κ2) is 12.5. The van der Waals surface area contributed by atoms with E-state index in [2.05, 4.69) is 190 Å². The molecule has 0 fully saturated rings. The molecule has 3 aliphatic rings. The zero-order chi connectivity index (χ0) is 35.7. The van der Waals surface area contributed by atoms with Gasteiger partial charge >= 0.3 is 0 Å². The number of benzene rings is 6. The number of hydrogen-bond donors (Lipinski definition) is 0. The average Bonchev–Trinajstić information content (AvgIpc) is 3.11. The molecule has 0 N–H and O–H groups in total. The van der Waals surface area contributed by atoms with Gasteiger partial charge in [0.05, 0.1) is 5.69 Å². The van der Waals surface area contributed by atoms with Crippen LogP contribution in [-0.2, 0) is 0 Å². The third-order valence-electron chi connectivity index (χ3n) is 10.9. The molecule has 0 saturated heterocycles. The van der Waals surface area contributed by atoms with Crippen LogP contribution in [0, 0.1) is 34.6 Å². The molecule has 0 atom stereocenters. The summed E-state index contributed by atoms with van der Waals surface area (Å²) in [5, 5.41) is 0. The minimum atomic E-state index is 0.0863. The fraction of sp³-hybridized carbons (Fsp3) is 0.167. The Labute approximate surface area is 309 Å². The molecule has 6 aromatic rings. The van der Waals surface area contributed by atoms with Crippen molar-refractivity contribution in [3.8, 4) is 0 Å². The molecule has 4 heteroatoms. The second-order valence-electron chi connectivity index (χ2n) is 15.1. The van der Waals surface area contributed by atoms with Gasteiger partial charge in [-0.15, -0.1) is 0 Å². The van der Waals surface area contributed by atoms with Crippen molar-refractivity contribution in [1.82, 2.24) is 0 Å². The van der Waals surface area contributed by atoms with Crippen molar-refractivity contribution in [1.29, 1.82) is 0 Å². The van der Waals surface area contributed by atoms with E-state index >= 15 is 0 Å². The van der Waals surface area contributed by atoms with E-state index in [0.29, 0.717) is 0 Å². The van der Waals surface area contributed by atoms with Gasteiger partial charge in [0, 0.05) is 45.5 Å². The molecule has 2 heterocycles. The van der Waals surface area contributed by atoms with E-state index < -0.39 is 0 Å². The van der Waals surface area contributed by atoms with E-state index in [1.807, 2.05) is 0 Å². The van der Waals surface area contributed by atoms with Gasteiger partial charge in [-0.3, -0.25) is 0 Å². The number of nitrogens with zero attached hydrogens (tertiary/aromatic N) is 3. The van der Waals surface area contributed by atoms with Gasteiger partial charge in [-0.25, -0.2) is 0 Å². The SMILES string of the molecule is CC1=CC(N2c3cc(C)ccc3B3c4ccc(C)cc4N(c4cccc(C)c4)c4cc(N(c5cccc(C)c5)c5cccc(C)c5)cc2c43)=CCC1. The van der Waals surface area contributed by atoms with Gasteiger partial charge in [0.2, 0.25) is 0 Å². The first-order valence-corrected chi connectivity index (χ1v) is 18.6. The van der Waals surface area contributed by atoms with Crippen LogP contribution in [0.3, 0.4) is 0 Å². The number of allylic oxidation sites excluding steroid dienone is 3. The zero-order valence-electron chi connectivity index (χ0n) is 31.0. The minimum absolute atomic E-state index is 0.0863. The summed E-state index contributed by atoms with van der Waals surface area (Å²) in [5.74, 6) is 0. The summed E-state index contributed by atoms with van der Waals surface area (Å²) in [6, 6.07) is 45.9. The Morgan fingerprint density at radius 2 is 1.04 bits per heavy atom. The van der Waals surface area contributed by atoms with Crippen molar-refractivity contribution < 1.29 is 0 Å². The normalized spacial score (nSPS) is 14.3. The van der Waals surface area contributed by atoms with Crippen LogP contribution < -0.4 is 31.1 Å². The third kappa shape index (κ3) is 5.37. The predicted octanol–water partition coefficient (Wildman–Crippen LogP) is 11.1. The summed E-state index contributed by atoms with van der Waals surface area (Å²) < 4.78 is 0. The molecule has 0 bridgehead atoms. The van der Waals surface area contributed by atoms with E-state index in [9.17, 15) is 0 Å². The number of fused-ring (bicyclic) bond motifs is 4. The number of hydrogen-bond acceptors (Lipinski definition) is 3. The summed E-state index contributed by atoms with van der Waals surface area (Å²) in [4.78, 5) is 7.56. The average molecular weight is 674 g/mol. The second-order valence-corrected chi connectivity index (χ2v) is 15.1. The van der Waals surface area contributed by atoms with E-state index in [1.165, 1.54) is 83.9 Å². The van der Waals surface area contributed by atoms with Crippen LogP contribution in [0.1, 0.15) is 47.6 Å². The summed E-state index contributed by atoms with van der Waals surface area (Å²) in [7, 11) is 0. The van der Waals surface area contributed by atoms with Crippen molar-refractivity contribution in [2.75, 3.05) is 14.7 Å². The highest BCUT2D eigenvalue weighted by atomic mass is 15.2. The quantitative estimate of drug-likeness (QED) is 0.168. The maximum Gasteiger partial charge on any atom is 0.252 e. The van der Waals surface area contributed by atoms with Crippen LogP contribution in [-0.4, -0.2) is 6.71 Å². The Bertz CT molecular complexity index is 2430. The van der Waals surface area contributed by atoms with Crippen LogP contribution in [0.5, 0.6) is 0 Å². The molecule has 52 heavy (non-hydrogen) atoms. The van der Waals surface area contributed by atoms with Crippen molar-refractivity contribution in [2.45, 2.75) is 54.4 Å². The van der Waals surface area contributed by atoms with Gasteiger partial charge in [0.1, 0.15) is 0 Å². The van der Waals surface area contributed by atoms with Crippen molar-refractivity contribution in [2.24, 2.45) is 0 Å². The standard InChI is InChI=1S/C48H44BN3/c1-31-11-7-15-37(23-31)50(38-16-8-12-32(2)24-38)41-29-46-48-47(30-41)52(40-18-10-14-34(4)26-40)45-28-36(6)20-22-43(45)49(48)42-21-19-35(5)27-44(42)51(46)39-17-9-13-33(3)25-39/h7-9,11-13,15-30H,10,14H2,1-6H3. The van der Waals surface area contributed by atoms with E-state index in [-0.39, 0.29) is 6.71 Å². The largest absolute Gasteiger partial charge is 0.312 e. The third-order valence-corrected chi connectivity index (χ3v) is 10.9. The molecule has 3 nitrogen and oxygen atoms in total. The van der Waals surface area contributed by atoms with Crippen molar-refractivity contribution >= 4 is 68.6 Å². The van der Waals surface area contributed by atoms with Gasteiger partial charge < -0.3 is 14.7 Å². The Hall–Kier alpha value is -5.74. The Kier molecular flexibility index (Phi) is 7.73. The highest BCUT2D eigenvalue weighted by Crippen LogP contribution is 2.48. The smallest absolute Gasteiger partial charge is 0.252 e. The summed E-state index contributed by atoms with van der Waals surface area (Å²) in [5.41, 5.74) is 22.5. The molecule has 0 saturated carbocycles. The molecule has 9 rings (SSSR count). The first-order chi connectivity index (χ1) is 25.2. The molecule has 0 amide bonds. The van der Waals surface area contributed by atoms with Crippen LogP contribution in [0.4, 0.5) is 45.5 Å². The highest BCUT2D eigenvalue weighted by Gasteiger charge is 2.44. The number of aryl methyl sites for hydroxylation is 5. The summed E-state index contributed by atoms with van der Waals surface area (Å²) in [6.07, 6.45) is 6.99. The molecule has 6 aromatic carbocycles. The minimum Gasteiger partial charge on any atom is -0.312 e. The lowest BCUT2D eigenvalue weighted by atomic mass is 9.33. The first kappa shape index (κ1) is 32.2. The predicted molar refractivity (Wildman–Crippen MR) is 224 cm³/mol. The number of anilines is 8. The Balaban J connectivity index is 1.43. The topological polar surface area (TPSA) is 9.72 Å². The molecule has 2 aliphatic heterocycles. The molecule has 254 valence electrons. The molecule has 1 aliphatic carbocycles. The van der Waals surface area contributed by atoms with E-state index in [0.717, 1.165) is 29.9 Å². The van der Waals surface area contributed by atoms with Crippen LogP contribution in [0.15, 0.2) is 145 Å². The van der Waals surface area contributed by atoms with E-state index in [4.69, 9.17) is 0 Å². The number of rotatable bonds is 5. The lowest BCUT2D eigenvalue weighted by molar-refractivity contribution is 0.933. The van der Waals surface area contributed by atoms with Gasteiger partial charge in [0.15, 0.2) is 0 Å². The van der Waals surface area contributed by atoms with Gasteiger partial charge in [-0.05, 0) is 165 Å². The zero-order valence-corrected chi connectivity index (χ0v) is 31.0. The molecule has 0 aromatic heterocycles. The fourth-order valence-corrected chi connectivity index (χ4v) is 8.62. The first-order valence-electron chi connectivity index (χ1n) is 18.6. The van der Waals surface area contributed by atoms with Crippen molar-refractivity contribution in [3.63, 3.8) is 0 Å². The molecule has 0 spiro atoms. The van der Waals surface area contributed by atoms with E-state index in [1.54, 1.807) is 0 Å². The van der Waals surface area contributed by atoms with Gasteiger partial charge in [-0.1, -0.05) is 72.3 Å². The summed E-state index contributed by atoms with van der Waals surface area (Å²) in [6.45, 7) is 13.4. The Morgan fingerprint density at radius 1 is 0.500 bits per heavy atom. The molecule has 0 unspecified atom stereocenters. The van der Waals surface area contributed by atoms with Gasteiger partial charge in [0.25, 0.3) is 6.71 Å². The fourth-order valence-electron chi connectivity index (χ4n) is 8.62.